The van der Waals surface area contributed by atoms with Crippen LogP contribution in [0.3, 0.4) is 0 Å². The molecule has 3 N–H and O–H groups in total. The fourth-order valence-electron chi connectivity index (χ4n) is 2.03. The largest absolute Gasteiger partial charge is 0.346 e. The van der Waals surface area contributed by atoms with Crippen molar-refractivity contribution < 1.29 is 9.18 Å². The minimum absolute atomic E-state index is 0.219. The molecule has 0 aromatic heterocycles. The van der Waals surface area contributed by atoms with E-state index in [9.17, 15) is 9.18 Å². The van der Waals surface area contributed by atoms with Gasteiger partial charge in [0.25, 0.3) is 5.91 Å². The van der Waals surface area contributed by atoms with Crippen LogP contribution in [0.4, 0.5) is 4.39 Å². The predicted octanol–water partition coefficient (Wildman–Crippen LogP) is 2.32. The molecule has 0 bridgehead atoms. The second-order valence-corrected chi connectivity index (χ2v) is 5.32. The first-order valence-electron chi connectivity index (χ1n) is 6.14. The van der Waals surface area contributed by atoms with E-state index in [2.05, 4.69) is 19.2 Å². The number of carbonyl (C=O) groups is 1. The average Bonchev–Trinajstić information content (AvgIpc) is 2.28. The number of amides is 1. The fraction of sp³-hybridized carbons (Fsp3) is 0.500. The average molecular weight is 252 g/mol. The Hall–Kier alpha value is -1.42. The summed E-state index contributed by atoms with van der Waals surface area (Å²) in [5, 5.41) is 2.92. The number of rotatable bonds is 5. The van der Waals surface area contributed by atoms with Gasteiger partial charge in [-0.25, -0.2) is 4.39 Å². The fourth-order valence-corrected chi connectivity index (χ4v) is 2.03. The van der Waals surface area contributed by atoms with Gasteiger partial charge in [0.15, 0.2) is 0 Å². The number of benzene rings is 1. The zero-order valence-electron chi connectivity index (χ0n) is 11.2. The standard InChI is InChI=1S/C14H21FN2O/c1-10(2)8-14(3,9-16)17-13(18)11-4-6-12(15)7-5-11/h4-7,10H,8-9,16H2,1-3H3,(H,17,18). The lowest BCUT2D eigenvalue weighted by molar-refractivity contribution is 0.0898. The summed E-state index contributed by atoms with van der Waals surface area (Å²) in [7, 11) is 0. The lowest BCUT2D eigenvalue weighted by Crippen LogP contribution is -2.52. The smallest absolute Gasteiger partial charge is 0.251 e. The summed E-state index contributed by atoms with van der Waals surface area (Å²) in [6.45, 7) is 6.46. The van der Waals surface area contributed by atoms with Gasteiger partial charge in [0, 0.05) is 17.6 Å². The molecule has 0 fully saturated rings. The molecule has 4 heteroatoms. The van der Waals surface area contributed by atoms with E-state index in [-0.39, 0.29) is 11.7 Å². The lowest BCUT2D eigenvalue weighted by Gasteiger charge is -2.31. The molecule has 18 heavy (non-hydrogen) atoms. The van der Waals surface area contributed by atoms with Gasteiger partial charge in [-0.15, -0.1) is 0 Å². The highest BCUT2D eigenvalue weighted by molar-refractivity contribution is 5.94. The van der Waals surface area contributed by atoms with Crippen LogP contribution in [-0.4, -0.2) is 18.0 Å². The van der Waals surface area contributed by atoms with Gasteiger partial charge in [-0.05, 0) is 43.5 Å². The normalized spacial score (nSPS) is 14.3. The zero-order chi connectivity index (χ0) is 13.8. The Labute approximate surface area is 108 Å². The number of hydrogen-bond acceptors (Lipinski definition) is 2. The van der Waals surface area contributed by atoms with Gasteiger partial charge in [0.1, 0.15) is 5.82 Å². The Bertz CT molecular complexity index is 403. The highest BCUT2D eigenvalue weighted by atomic mass is 19.1. The van der Waals surface area contributed by atoms with Gasteiger partial charge < -0.3 is 11.1 Å². The SMILES string of the molecule is CC(C)CC(C)(CN)NC(=O)c1ccc(F)cc1. The van der Waals surface area contributed by atoms with Crippen molar-refractivity contribution in [3.63, 3.8) is 0 Å². The molecule has 0 saturated carbocycles. The Kier molecular flexibility index (Phi) is 4.84. The van der Waals surface area contributed by atoms with E-state index in [1.54, 1.807) is 0 Å². The van der Waals surface area contributed by atoms with Crippen molar-refractivity contribution in [2.24, 2.45) is 11.7 Å². The van der Waals surface area contributed by atoms with Gasteiger partial charge >= 0.3 is 0 Å². The first-order valence-corrected chi connectivity index (χ1v) is 6.14. The maximum atomic E-state index is 12.8. The summed E-state index contributed by atoms with van der Waals surface area (Å²) in [5.74, 6) is -0.133. The van der Waals surface area contributed by atoms with E-state index in [0.717, 1.165) is 6.42 Å². The van der Waals surface area contributed by atoms with Crippen LogP contribution < -0.4 is 11.1 Å². The van der Waals surface area contributed by atoms with Crippen LogP contribution in [0.1, 0.15) is 37.6 Å². The molecule has 0 aliphatic rings. The Morgan fingerprint density at radius 1 is 1.39 bits per heavy atom. The molecule has 100 valence electrons. The quantitative estimate of drug-likeness (QED) is 0.845. The summed E-state index contributed by atoms with van der Waals surface area (Å²) in [4.78, 5) is 12.0. The third-order valence-electron chi connectivity index (χ3n) is 2.83. The van der Waals surface area contributed by atoms with Crippen molar-refractivity contribution in [3.8, 4) is 0 Å². The zero-order valence-corrected chi connectivity index (χ0v) is 11.2. The molecule has 1 aromatic carbocycles. The molecular weight excluding hydrogens is 231 g/mol. The molecule has 1 unspecified atom stereocenters. The Balaban J connectivity index is 2.76. The molecule has 1 atom stereocenters. The molecule has 0 radical (unpaired) electrons. The van der Waals surface area contributed by atoms with Gasteiger partial charge in [-0.3, -0.25) is 4.79 Å². The monoisotopic (exact) mass is 252 g/mol. The van der Waals surface area contributed by atoms with Crippen molar-refractivity contribution in [2.45, 2.75) is 32.7 Å². The van der Waals surface area contributed by atoms with E-state index >= 15 is 0 Å². The minimum Gasteiger partial charge on any atom is -0.346 e. The van der Waals surface area contributed by atoms with Crippen LogP contribution in [0, 0.1) is 11.7 Å². The highest BCUT2D eigenvalue weighted by Crippen LogP contribution is 2.16. The number of nitrogens with two attached hydrogens (primary N) is 1. The van der Waals surface area contributed by atoms with E-state index in [1.165, 1.54) is 24.3 Å². The van der Waals surface area contributed by atoms with E-state index < -0.39 is 5.54 Å². The van der Waals surface area contributed by atoms with Crippen molar-refractivity contribution in [1.29, 1.82) is 0 Å². The summed E-state index contributed by atoms with van der Waals surface area (Å²) in [6, 6.07) is 5.49. The van der Waals surface area contributed by atoms with Crippen LogP contribution >= 0.6 is 0 Å². The van der Waals surface area contributed by atoms with Crippen molar-refractivity contribution in [1.82, 2.24) is 5.32 Å². The van der Waals surface area contributed by atoms with Gasteiger partial charge in [0.05, 0.1) is 0 Å². The van der Waals surface area contributed by atoms with Crippen LogP contribution in [0.2, 0.25) is 0 Å². The predicted molar refractivity (Wildman–Crippen MR) is 70.8 cm³/mol. The highest BCUT2D eigenvalue weighted by Gasteiger charge is 2.26. The van der Waals surface area contributed by atoms with E-state index in [0.29, 0.717) is 18.0 Å². The number of hydrogen-bond donors (Lipinski definition) is 2. The summed E-state index contributed by atoms with van der Waals surface area (Å²) in [5.41, 5.74) is 5.74. The first-order chi connectivity index (χ1) is 8.36. The number of nitrogens with one attached hydrogen (secondary N) is 1. The molecule has 0 spiro atoms. The van der Waals surface area contributed by atoms with E-state index in [1.807, 2.05) is 6.92 Å². The topological polar surface area (TPSA) is 55.1 Å². The summed E-state index contributed by atoms with van der Waals surface area (Å²) >= 11 is 0. The van der Waals surface area contributed by atoms with Crippen LogP contribution in [-0.2, 0) is 0 Å². The Morgan fingerprint density at radius 3 is 2.39 bits per heavy atom. The number of carbonyl (C=O) groups excluding carboxylic acids is 1. The minimum atomic E-state index is -0.431. The summed E-state index contributed by atoms with van der Waals surface area (Å²) in [6.07, 6.45) is 0.802. The second-order valence-electron chi connectivity index (χ2n) is 5.32. The van der Waals surface area contributed by atoms with Gasteiger partial charge in [-0.1, -0.05) is 13.8 Å². The van der Waals surface area contributed by atoms with E-state index in [4.69, 9.17) is 5.73 Å². The molecule has 0 aliphatic carbocycles. The summed E-state index contributed by atoms with van der Waals surface area (Å²) < 4.78 is 12.8. The molecule has 1 aromatic rings. The maximum Gasteiger partial charge on any atom is 0.251 e. The third-order valence-corrected chi connectivity index (χ3v) is 2.83. The second kappa shape index (κ2) is 5.96. The first kappa shape index (κ1) is 14.6. The molecule has 0 heterocycles. The maximum absolute atomic E-state index is 12.8. The molecule has 0 saturated heterocycles. The van der Waals surface area contributed by atoms with Crippen LogP contribution in [0.15, 0.2) is 24.3 Å². The third kappa shape index (κ3) is 4.11. The molecular formula is C14H21FN2O. The Morgan fingerprint density at radius 2 is 1.94 bits per heavy atom. The van der Waals surface area contributed by atoms with Crippen molar-refractivity contribution >= 4 is 5.91 Å². The van der Waals surface area contributed by atoms with Gasteiger partial charge in [0.2, 0.25) is 0 Å². The molecule has 1 rings (SSSR count). The molecule has 1 amide bonds. The number of halogens is 1. The lowest BCUT2D eigenvalue weighted by atomic mass is 9.90. The van der Waals surface area contributed by atoms with Crippen molar-refractivity contribution in [3.05, 3.63) is 35.6 Å². The van der Waals surface area contributed by atoms with Crippen molar-refractivity contribution in [2.75, 3.05) is 6.54 Å². The molecule has 0 aliphatic heterocycles. The molecule has 3 nitrogen and oxygen atoms in total. The van der Waals surface area contributed by atoms with Crippen LogP contribution in [0.25, 0.3) is 0 Å². The van der Waals surface area contributed by atoms with Gasteiger partial charge in [-0.2, -0.15) is 0 Å². The van der Waals surface area contributed by atoms with Crippen LogP contribution in [0.5, 0.6) is 0 Å².